The zero-order valence-corrected chi connectivity index (χ0v) is 16.1. The predicted molar refractivity (Wildman–Crippen MR) is 98.4 cm³/mol. The van der Waals surface area contributed by atoms with Gasteiger partial charge in [-0.15, -0.1) is 33.6 Å². The van der Waals surface area contributed by atoms with Crippen molar-refractivity contribution in [3.05, 3.63) is 23.8 Å². The lowest BCUT2D eigenvalue weighted by atomic mass is 9.95. The third kappa shape index (κ3) is 5.33. The van der Waals surface area contributed by atoms with Gasteiger partial charge in [-0.25, -0.2) is 0 Å². The van der Waals surface area contributed by atoms with Crippen LogP contribution in [-0.2, 0) is 0 Å². The van der Waals surface area contributed by atoms with Crippen LogP contribution in [0.4, 0.5) is 8.78 Å². The van der Waals surface area contributed by atoms with E-state index >= 15 is 0 Å². The van der Waals surface area contributed by atoms with Crippen LogP contribution in [0.15, 0.2) is 18.2 Å². The lowest BCUT2D eigenvalue weighted by molar-refractivity contribution is -0.287. The molecule has 0 saturated carbocycles. The van der Waals surface area contributed by atoms with Crippen LogP contribution in [0.3, 0.4) is 0 Å². The van der Waals surface area contributed by atoms with E-state index in [1.54, 1.807) is 6.07 Å². The third-order valence-corrected chi connectivity index (χ3v) is 4.43. The summed E-state index contributed by atoms with van der Waals surface area (Å²) in [6.07, 6.45) is -1.61. The Bertz CT molecular complexity index is 555. The summed E-state index contributed by atoms with van der Waals surface area (Å²) in [5, 5.41) is 3.33. The van der Waals surface area contributed by atoms with E-state index in [9.17, 15) is 8.78 Å². The molecule has 2 aliphatic rings. The molecule has 3 rings (SSSR count). The minimum Gasteiger partial charge on any atom is -0.395 e. The van der Waals surface area contributed by atoms with Crippen molar-refractivity contribution < 1.29 is 18.3 Å². The maximum atomic E-state index is 13.5. The lowest BCUT2D eigenvalue weighted by Gasteiger charge is -2.36. The zero-order chi connectivity index (χ0) is 16.4. The number of hydrogen-bond acceptors (Lipinski definition) is 4. The fourth-order valence-electron chi connectivity index (χ4n) is 3.27. The van der Waals surface area contributed by atoms with Crippen LogP contribution in [-0.4, -0.2) is 37.4 Å². The van der Waals surface area contributed by atoms with Crippen LogP contribution in [0.5, 0.6) is 11.5 Å². The van der Waals surface area contributed by atoms with Crippen molar-refractivity contribution in [1.82, 2.24) is 10.2 Å². The normalized spacial score (nSPS) is 19.9. The summed E-state index contributed by atoms with van der Waals surface area (Å²) in [6, 6.07) is 5.27. The summed E-state index contributed by atoms with van der Waals surface area (Å²) in [5.41, 5.74) is 0.808. The Morgan fingerprint density at radius 2 is 1.80 bits per heavy atom. The van der Waals surface area contributed by atoms with E-state index < -0.39 is 6.29 Å². The quantitative estimate of drug-likeness (QED) is 0.804. The first kappa shape index (κ1) is 22.2. The number of fused-ring (bicyclic) bond motifs is 1. The monoisotopic (exact) mass is 398 g/mol. The predicted octanol–water partition coefficient (Wildman–Crippen LogP) is 4.23. The number of para-hydroxylation sites is 1. The number of hydrogen-bond donors (Lipinski definition) is 1. The summed E-state index contributed by atoms with van der Waals surface area (Å²) in [7, 11) is 0. The molecule has 1 N–H and O–H groups in total. The highest BCUT2D eigenvalue weighted by molar-refractivity contribution is 5.85. The number of nitrogens with one attached hydrogen (secondary N) is 1. The van der Waals surface area contributed by atoms with Crippen molar-refractivity contribution in [2.75, 3.05) is 26.2 Å². The molecule has 0 amide bonds. The molecule has 4 nitrogen and oxygen atoms in total. The van der Waals surface area contributed by atoms with Crippen molar-refractivity contribution >= 4 is 24.8 Å². The molecule has 1 fully saturated rings. The van der Waals surface area contributed by atoms with Crippen molar-refractivity contribution in [3.8, 4) is 11.5 Å². The Morgan fingerprint density at radius 3 is 2.44 bits per heavy atom. The van der Waals surface area contributed by atoms with Crippen molar-refractivity contribution in [2.45, 2.75) is 39.0 Å². The Kier molecular flexibility index (Phi) is 8.19. The van der Waals surface area contributed by atoms with E-state index in [4.69, 9.17) is 4.74 Å². The SMILES string of the molecule is CC(C)CC[C@H](c1cccc2c1OC(F)(F)O2)N1CCNCC1.Cl.Cl. The molecule has 0 unspecified atom stereocenters. The average molecular weight is 399 g/mol. The fourth-order valence-corrected chi connectivity index (χ4v) is 3.27. The maximum Gasteiger partial charge on any atom is 0.586 e. The molecule has 25 heavy (non-hydrogen) atoms. The van der Waals surface area contributed by atoms with Gasteiger partial charge >= 0.3 is 6.29 Å². The molecule has 2 heterocycles. The number of rotatable bonds is 5. The van der Waals surface area contributed by atoms with Gasteiger partial charge in [-0.3, -0.25) is 4.90 Å². The summed E-state index contributed by atoms with van der Waals surface area (Å²) in [5.74, 6) is 0.901. The number of benzene rings is 1. The van der Waals surface area contributed by atoms with Crippen LogP contribution in [0, 0.1) is 5.92 Å². The number of alkyl halides is 2. The average Bonchev–Trinajstić information content (AvgIpc) is 2.83. The summed E-state index contributed by atoms with van der Waals surface area (Å²) in [4.78, 5) is 2.36. The maximum absolute atomic E-state index is 13.5. The molecule has 8 heteroatoms. The topological polar surface area (TPSA) is 33.7 Å². The Balaban J connectivity index is 0.00000156. The molecule has 144 valence electrons. The number of ether oxygens (including phenoxy) is 2. The minimum absolute atomic E-state index is 0. The van der Waals surface area contributed by atoms with E-state index in [0.29, 0.717) is 5.92 Å². The fraction of sp³-hybridized carbons (Fsp3) is 0.647. The van der Waals surface area contributed by atoms with Gasteiger partial charge in [0.2, 0.25) is 0 Å². The van der Waals surface area contributed by atoms with Gasteiger partial charge in [-0.05, 0) is 24.8 Å². The Morgan fingerprint density at radius 1 is 1.12 bits per heavy atom. The highest BCUT2D eigenvalue weighted by atomic mass is 35.5. The van der Waals surface area contributed by atoms with Crippen molar-refractivity contribution in [3.63, 3.8) is 0 Å². The van der Waals surface area contributed by atoms with E-state index in [1.165, 1.54) is 6.07 Å². The Labute approximate surface area is 160 Å². The summed E-state index contributed by atoms with van der Waals surface area (Å²) in [6.45, 7) is 8.00. The molecule has 0 radical (unpaired) electrons. The molecule has 1 aromatic rings. The number of nitrogens with zero attached hydrogens (tertiary/aromatic N) is 1. The molecule has 2 aliphatic heterocycles. The summed E-state index contributed by atoms with van der Waals surface area (Å²) >= 11 is 0. The Hall–Kier alpha value is -0.820. The van der Waals surface area contributed by atoms with Crippen LogP contribution in [0.25, 0.3) is 0 Å². The van der Waals surface area contributed by atoms with Gasteiger partial charge in [-0.1, -0.05) is 26.0 Å². The van der Waals surface area contributed by atoms with Gasteiger partial charge < -0.3 is 14.8 Å². The molecule has 0 aliphatic carbocycles. The van der Waals surface area contributed by atoms with Crippen molar-refractivity contribution in [2.24, 2.45) is 5.92 Å². The second kappa shape index (κ2) is 9.21. The summed E-state index contributed by atoms with van der Waals surface area (Å²) < 4.78 is 36.4. The first-order valence-corrected chi connectivity index (χ1v) is 8.30. The largest absolute Gasteiger partial charge is 0.586 e. The van der Waals surface area contributed by atoms with Crippen LogP contribution >= 0.6 is 24.8 Å². The first-order valence-electron chi connectivity index (χ1n) is 8.30. The van der Waals surface area contributed by atoms with Crippen molar-refractivity contribution in [1.29, 1.82) is 0 Å². The van der Waals surface area contributed by atoms with E-state index in [2.05, 4.69) is 28.8 Å². The molecule has 1 aromatic carbocycles. The highest BCUT2D eigenvalue weighted by Crippen LogP contribution is 2.47. The molecule has 1 saturated heterocycles. The highest BCUT2D eigenvalue weighted by Gasteiger charge is 2.45. The molecule has 0 aromatic heterocycles. The van der Waals surface area contributed by atoms with E-state index in [0.717, 1.165) is 44.6 Å². The van der Waals surface area contributed by atoms with Crippen LogP contribution < -0.4 is 14.8 Å². The smallest absolute Gasteiger partial charge is 0.395 e. The molecule has 0 spiro atoms. The second-order valence-corrected chi connectivity index (χ2v) is 6.61. The zero-order valence-electron chi connectivity index (χ0n) is 14.5. The van der Waals surface area contributed by atoms with Crippen LogP contribution in [0.2, 0.25) is 0 Å². The number of halogens is 4. The molecular weight excluding hydrogens is 373 g/mol. The lowest BCUT2D eigenvalue weighted by Crippen LogP contribution is -2.45. The molecule has 1 atom stereocenters. The molecule has 0 bridgehead atoms. The van der Waals surface area contributed by atoms with E-state index in [1.807, 2.05) is 6.07 Å². The third-order valence-electron chi connectivity index (χ3n) is 4.43. The van der Waals surface area contributed by atoms with Gasteiger partial charge in [0.1, 0.15) is 0 Å². The second-order valence-electron chi connectivity index (χ2n) is 6.61. The van der Waals surface area contributed by atoms with Crippen LogP contribution in [0.1, 0.15) is 38.3 Å². The number of piperazine rings is 1. The van der Waals surface area contributed by atoms with Gasteiger partial charge in [0.05, 0.1) is 0 Å². The van der Waals surface area contributed by atoms with Gasteiger partial charge in [0.15, 0.2) is 11.5 Å². The van der Waals surface area contributed by atoms with Gasteiger partial charge in [-0.2, -0.15) is 0 Å². The first-order chi connectivity index (χ1) is 11.0. The standard InChI is InChI=1S/C17H24F2N2O2.2ClH/c1-12(2)6-7-14(21-10-8-20-9-11-21)13-4-3-5-15-16(13)23-17(18,19)22-15;;/h3-5,12,14,20H,6-11H2,1-2H3;2*1H/t14-;;/m1../s1. The molecular formula is C17H26Cl2F2N2O2. The van der Waals surface area contributed by atoms with Gasteiger partial charge in [0, 0.05) is 37.8 Å². The van der Waals surface area contributed by atoms with E-state index in [-0.39, 0.29) is 42.4 Å². The minimum atomic E-state index is -3.56. The van der Waals surface area contributed by atoms with Gasteiger partial charge in [0.25, 0.3) is 0 Å².